The molecule has 1 aromatic carbocycles. The summed E-state index contributed by atoms with van der Waals surface area (Å²) in [7, 11) is 0. The van der Waals surface area contributed by atoms with Crippen molar-refractivity contribution >= 4 is 29.0 Å². The number of hydrogen-bond acceptors (Lipinski definition) is 5. The Morgan fingerprint density at radius 2 is 2.16 bits per heavy atom. The Labute approximate surface area is 115 Å². The van der Waals surface area contributed by atoms with Crippen molar-refractivity contribution in [3.05, 3.63) is 33.9 Å². The van der Waals surface area contributed by atoms with Gasteiger partial charge in [-0.15, -0.1) is 0 Å². The molecule has 102 valence electrons. The number of thioether (sulfide) groups is 1. The summed E-state index contributed by atoms with van der Waals surface area (Å²) >= 11 is 1.81. The predicted octanol–water partition coefficient (Wildman–Crippen LogP) is 1.76. The molecule has 0 radical (unpaired) electrons. The molecule has 6 nitrogen and oxygen atoms in total. The lowest BCUT2D eigenvalue weighted by Gasteiger charge is -2.20. The molecule has 0 spiro atoms. The first kappa shape index (κ1) is 13.7. The first-order valence-electron chi connectivity index (χ1n) is 6.01. The molecule has 0 unspecified atom stereocenters. The van der Waals surface area contributed by atoms with Crippen molar-refractivity contribution in [2.45, 2.75) is 6.42 Å². The van der Waals surface area contributed by atoms with Crippen molar-refractivity contribution in [1.29, 1.82) is 0 Å². The lowest BCUT2D eigenvalue weighted by Crippen LogP contribution is -2.33. The fraction of sp³-hybridized carbons (Fsp3) is 0.417. The van der Waals surface area contributed by atoms with E-state index in [0.717, 1.165) is 17.9 Å². The molecule has 2 N–H and O–H groups in total. The lowest BCUT2D eigenvalue weighted by atomic mass is 10.1. The largest absolute Gasteiger partial charge is 0.393 e. The number of carbonyl (C=O) groups excluding carboxylic acids is 1. The zero-order valence-electron chi connectivity index (χ0n) is 10.4. The number of carbonyl (C=O) groups is 1. The van der Waals surface area contributed by atoms with Gasteiger partial charge in [-0.3, -0.25) is 14.9 Å². The molecule has 7 heteroatoms. The smallest absolute Gasteiger partial charge is 0.292 e. The zero-order valence-corrected chi connectivity index (χ0v) is 11.2. The summed E-state index contributed by atoms with van der Waals surface area (Å²) in [6.45, 7) is 1.33. The number of nitrogen functional groups attached to an aromatic ring is 1. The standard InChI is InChI=1S/C12H15N3O3S/c13-11-9(3-1-4-10(11)15(17)18)12(16)14-5-2-7-19-8-6-14/h1,3-4H,2,5-8,13H2. The van der Waals surface area contributed by atoms with E-state index in [2.05, 4.69) is 0 Å². The van der Waals surface area contributed by atoms with Gasteiger partial charge in [-0.1, -0.05) is 6.07 Å². The van der Waals surface area contributed by atoms with E-state index in [1.807, 2.05) is 11.8 Å². The topological polar surface area (TPSA) is 89.5 Å². The fourth-order valence-corrected chi connectivity index (χ4v) is 2.91. The van der Waals surface area contributed by atoms with Crippen molar-refractivity contribution in [3.8, 4) is 0 Å². The van der Waals surface area contributed by atoms with Crippen LogP contribution in [0.2, 0.25) is 0 Å². The van der Waals surface area contributed by atoms with E-state index in [-0.39, 0.29) is 22.8 Å². The Kier molecular flexibility index (Phi) is 4.26. The van der Waals surface area contributed by atoms with E-state index >= 15 is 0 Å². The third-order valence-corrected chi connectivity index (χ3v) is 4.07. The van der Waals surface area contributed by atoms with Gasteiger partial charge < -0.3 is 10.6 Å². The van der Waals surface area contributed by atoms with E-state index in [1.165, 1.54) is 12.1 Å². The SMILES string of the molecule is Nc1c(C(=O)N2CCCSCC2)cccc1[N+](=O)[O-]. The second-order valence-electron chi connectivity index (χ2n) is 4.25. The Hall–Kier alpha value is -1.76. The number of nitrogens with two attached hydrogens (primary N) is 1. The second kappa shape index (κ2) is 5.92. The highest BCUT2D eigenvalue weighted by Crippen LogP contribution is 2.26. The normalized spacial score (nSPS) is 15.9. The number of benzene rings is 1. The van der Waals surface area contributed by atoms with Crippen LogP contribution in [0.4, 0.5) is 11.4 Å². The quantitative estimate of drug-likeness (QED) is 0.507. The predicted molar refractivity (Wildman–Crippen MR) is 75.4 cm³/mol. The Bertz CT molecular complexity index is 499. The highest BCUT2D eigenvalue weighted by molar-refractivity contribution is 7.99. The maximum Gasteiger partial charge on any atom is 0.292 e. The number of rotatable bonds is 2. The lowest BCUT2D eigenvalue weighted by molar-refractivity contribution is -0.383. The first-order chi connectivity index (χ1) is 9.11. The summed E-state index contributed by atoms with van der Waals surface area (Å²) in [4.78, 5) is 24.3. The molecule has 1 fully saturated rings. The monoisotopic (exact) mass is 281 g/mol. The molecule has 0 bridgehead atoms. The van der Waals surface area contributed by atoms with Crippen LogP contribution in [0.5, 0.6) is 0 Å². The molecule has 2 rings (SSSR count). The fourth-order valence-electron chi connectivity index (χ4n) is 2.02. The summed E-state index contributed by atoms with van der Waals surface area (Å²) in [5.74, 6) is 1.71. The molecule has 0 atom stereocenters. The third kappa shape index (κ3) is 2.98. The van der Waals surface area contributed by atoms with Crippen molar-refractivity contribution in [1.82, 2.24) is 4.90 Å². The zero-order chi connectivity index (χ0) is 13.8. The first-order valence-corrected chi connectivity index (χ1v) is 7.16. The Balaban J connectivity index is 2.28. The molecule has 1 aliphatic heterocycles. The van der Waals surface area contributed by atoms with Crippen LogP contribution in [0.3, 0.4) is 0 Å². The van der Waals surface area contributed by atoms with Gasteiger partial charge in [0.1, 0.15) is 5.69 Å². The highest BCUT2D eigenvalue weighted by atomic mass is 32.2. The molecule has 1 aromatic rings. The summed E-state index contributed by atoms with van der Waals surface area (Å²) < 4.78 is 0. The third-order valence-electron chi connectivity index (χ3n) is 3.02. The molecule has 1 saturated heterocycles. The van der Waals surface area contributed by atoms with E-state index in [9.17, 15) is 14.9 Å². The molecule has 1 aliphatic rings. The number of nitro benzene ring substituents is 1. The van der Waals surface area contributed by atoms with Gasteiger partial charge in [-0.05, 0) is 18.2 Å². The number of hydrogen-bond donors (Lipinski definition) is 1. The van der Waals surface area contributed by atoms with Gasteiger partial charge in [0.25, 0.3) is 11.6 Å². The van der Waals surface area contributed by atoms with Gasteiger partial charge >= 0.3 is 0 Å². The van der Waals surface area contributed by atoms with Gasteiger partial charge in [0, 0.05) is 24.9 Å². The number of para-hydroxylation sites is 1. The van der Waals surface area contributed by atoms with E-state index in [1.54, 1.807) is 11.0 Å². The Morgan fingerprint density at radius 3 is 2.89 bits per heavy atom. The summed E-state index contributed by atoms with van der Waals surface area (Å²) in [5.41, 5.74) is 5.70. The van der Waals surface area contributed by atoms with Crippen LogP contribution in [-0.4, -0.2) is 40.3 Å². The van der Waals surface area contributed by atoms with E-state index in [4.69, 9.17) is 5.73 Å². The maximum absolute atomic E-state index is 12.4. The van der Waals surface area contributed by atoms with Gasteiger partial charge in [0.15, 0.2) is 0 Å². The van der Waals surface area contributed by atoms with Crippen LogP contribution >= 0.6 is 11.8 Å². The number of amides is 1. The summed E-state index contributed by atoms with van der Waals surface area (Å²) in [5, 5.41) is 10.8. The van der Waals surface area contributed by atoms with Crippen molar-refractivity contribution in [2.75, 3.05) is 30.3 Å². The van der Waals surface area contributed by atoms with Gasteiger partial charge in [-0.25, -0.2) is 0 Å². The van der Waals surface area contributed by atoms with Gasteiger partial charge in [0.05, 0.1) is 10.5 Å². The average molecular weight is 281 g/mol. The van der Waals surface area contributed by atoms with Crippen LogP contribution in [-0.2, 0) is 0 Å². The molecule has 0 saturated carbocycles. The summed E-state index contributed by atoms with van der Waals surface area (Å²) in [6.07, 6.45) is 0.936. The Morgan fingerprint density at radius 1 is 1.37 bits per heavy atom. The van der Waals surface area contributed by atoms with Crippen LogP contribution in [0, 0.1) is 10.1 Å². The van der Waals surface area contributed by atoms with Crippen LogP contribution in [0.15, 0.2) is 18.2 Å². The van der Waals surface area contributed by atoms with E-state index in [0.29, 0.717) is 13.1 Å². The molecule has 0 aliphatic carbocycles. The second-order valence-corrected chi connectivity index (χ2v) is 5.48. The minimum atomic E-state index is -0.565. The number of anilines is 1. The average Bonchev–Trinajstić information content (AvgIpc) is 2.66. The summed E-state index contributed by atoms with van der Waals surface area (Å²) in [6, 6.07) is 4.35. The minimum Gasteiger partial charge on any atom is -0.393 e. The number of nitrogens with zero attached hydrogens (tertiary/aromatic N) is 2. The van der Waals surface area contributed by atoms with E-state index < -0.39 is 4.92 Å². The van der Waals surface area contributed by atoms with Gasteiger partial charge in [-0.2, -0.15) is 11.8 Å². The molecule has 19 heavy (non-hydrogen) atoms. The van der Waals surface area contributed by atoms with Crippen LogP contribution in [0.1, 0.15) is 16.8 Å². The minimum absolute atomic E-state index is 0.0469. The molecule has 0 aromatic heterocycles. The van der Waals surface area contributed by atoms with Crippen LogP contribution in [0.25, 0.3) is 0 Å². The molecular formula is C12H15N3O3S. The van der Waals surface area contributed by atoms with Crippen molar-refractivity contribution < 1.29 is 9.72 Å². The highest BCUT2D eigenvalue weighted by Gasteiger charge is 2.23. The number of nitro groups is 1. The van der Waals surface area contributed by atoms with Crippen molar-refractivity contribution in [3.63, 3.8) is 0 Å². The van der Waals surface area contributed by atoms with Crippen molar-refractivity contribution in [2.24, 2.45) is 0 Å². The van der Waals surface area contributed by atoms with Crippen LogP contribution < -0.4 is 5.73 Å². The molecular weight excluding hydrogens is 266 g/mol. The molecule has 1 heterocycles. The molecule has 1 amide bonds. The van der Waals surface area contributed by atoms with Gasteiger partial charge in [0.2, 0.25) is 0 Å². The maximum atomic E-state index is 12.4.